The average molecular weight is 318 g/mol. The number of hydrogen-bond acceptors (Lipinski definition) is 6. The maximum Gasteiger partial charge on any atom is 0.238 e. The molecule has 23 heavy (non-hydrogen) atoms. The fourth-order valence-corrected chi connectivity index (χ4v) is 2.69. The van der Waals surface area contributed by atoms with Crippen molar-refractivity contribution in [1.29, 1.82) is 0 Å². The van der Waals surface area contributed by atoms with Gasteiger partial charge in [0.1, 0.15) is 5.78 Å². The van der Waals surface area contributed by atoms with E-state index in [1.807, 2.05) is 4.90 Å². The summed E-state index contributed by atoms with van der Waals surface area (Å²) in [6, 6.07) is 3.19. The number of nitrogens with one attached hydrogen (secondary N) is 1. The number of benzene rings is 1. The van der Waals surface area contributed by atoms with Crippen LogP contribution in [-0.2, 0) is 9.59 Å². The third-order valence-electron chi connectivity index (χ3n) is 3.95. The highest BCUT2D eigenvalue weighted by molar-refractivity contribution is 6.05. The highest BCUT2D eigenvalue weighted by atomic mass is 16.7. The summed E-state index contributed by atoms with van der Waals surface area (Å²) in [6.45, 7) is 2.91. The fourth-order valence-electron chi connectivity index (χ4n) is 2.69. The number of amides is 1. The molecule has 0 bridgehead atoms. The van der Waals surface area contributed by atoms with Crippen LogP contribution in [0.1, 0.15) is 30.1 Å². The lowest BCUT2D eigenvalue weighted by Gasteiger charge is -2.25. The van der Waals surface area contributed by atoms with Crippen LogP contribution in [0.25, 0.3) is 0 Å². The monoisotopic (exact) mass is 318 g/mol. The van der Waals surface area contributed by atoms with E-state index in [9.17, 15) is 14.4 Å². The standard InChI is InChI=1S/C16H18N2O5/c1-10(19)12-6-14-15(23-9-22-14)7-13(12)17-16(21)8-18-4-2-11(20)3-5-18/h6-7H,2-5,8-9H2,1H3,(H,17,21). The number of anilines is 1. The zero-order chi connectivity index (χ0) is 16.4. The zero-order valence-corrected chi connectivity index (χ0v) is 12.9. The number of likely N-dealkylation sites (tertiary alicyclic amines) is 1. The van der Waals surface area contributed by atoms with E-state index >= 15 is 0 Å². The molecule has 2 aliphatic heterocycles. The van der Waals surface area contributed by atoms with Crippen LogP contribution in [0.4, 0.5) is 5.69 Å². The van der Waals surface area contributed by atoms with Gasteiger partial charge in [-0.25, -0.2) is 0 Å². The Morgan fingerprint density at radius 2 is 1.83 bits per heavy atom. The number of carbonyl (C=O) groups is 3. The van der Waals surface area contributed by atoms with Crippen LogP contribution < -0.4 is 14.8 Å². The van der Waals surface area contributed by atoms with Crippen LogP contribution in [-0.4, -0.2) is 48.8 Å². The lowest BCUT2D eigenvalue weighted by Crippen LogP contribution is -2.39. The van der Waals surface area contributed by atoms with Gasteiger partial charge in [0.25, 0.3) is 0 Å². The minimum absolute atomic E-state index is 0.103. The molecule has 0 saturated carbocycles. The molecule has 0 aromatic heterocycles. The van der Waals surface area contributed by atoms with E-state index in [4.69, 9.17) is 9.47 Å². The van der Waals surface area contributed by atoms with E-state index in [0.717, 1.165) is 0 Å². The smallest absolute Gasteiger partial charge is 0.238 e. The van der Waals surface area contributed by atoms with Gasteiger partial charge in [-0.3, -0.25) is 19.3 Å². The summed E-state index contributed by atoms with van der Waals surface area (Å²) in [5.41, 5.74) is 0.802. The first-order valence-electron chi connectivity index (χ1n) is 7.51. The van der Waals surface area contributed by atoms with Crippen molar-refractivity contribution >= 4 is 23.2 Å². The molecule has 0 atom stereocenters. The summed E-state index contributed by atoms with van der Waals surface area (Å²) >= 11 is 0. The minimum atomic E-state index is -0.222. The SMILES string of the molecule is CC(=O)c1cc2c(cc1NC(=O)CN1CCC(=O)CC1)OCO2. The molecule has 1 N–H and O–H groups in total. The Labute approximate surface area is 133 Å². The van der Waals surface area contributed by atoms with Gasteiger partial charge in [0.15, 0.2) is 17.3 Å². The first-order valence-corrected chi connectivity index (χ1v) is 7.51. The van der Waals surface area contributed by atoms with Crippen molar-refractivity contribution < 1.29 is 23.9 Å². The average Bonchev–Trinajstić information content (AvgIpc) is 2.96. The second kappa shape index (κ2) is 6.37. The number of carbonyl (C=O) groups excluding carboxylic acids is 3. The predicted molar refractivity (Wildman–Crippen MR) is 81.9 cm³/mol. The molecule has 122 valence electrons. The number of ketones is 2. The van der Waals surface area contributed by atoms with Crippen molar-refractivity contribution in [1.82, 2.24) is 4.90 Å². The van der Waals surface area contributed by atoms with Crippen LogP contribution in [0, 0.1) is 0 Å². The molecule has 1 aromatic carbocycles. The van der Waals surface area contributed by atoms with Gasteiger partial charge in [0.2, 0.25) is 12.7 Å². The van der Waals surface area contributed by atoms with Gasteiger partial charge in [-0.05, 0) is 13.0 Å². The largest absolute Gasteiger partial charge is 0.454 e. The van der Waals surface area contributed by atoms with Gasteiger partial charge in [0.05, 0.1) is 12.2 Å². The molecule has 3 rings (SSSR count). The number of piperidine rings is 1. The van der Waals surface area contributed by atoms with E-state index in [1.165, 1.54) is 6.92 Å². The number of hydrogen-bond donors (Lipinski definition) is 1. The topological polar surface area (TPSA) is 84.9 Å². The predicted octanol–water partition coefficient (Wildman–Crippen LogP) is 1.22. The van der Waals surface area contributed by atoms with Gasteiger partial charge in [0, 0.05) is 37.6 Å². The fraction of sp³-hybridized carbons (Fsp3) is 0.438. The molecule has 1 saturated heterocycles. The van der Waals surface area contributed by atoms with Crippen LogP contribution in [0.5, 0.6) is 11.5 Å². The van der Waals surface area contributed by atoms with Crippen LogP contribution >= 0.6 is 0 Å². The molecule has 1 amide bonds. The number of Topliss-reactive ketones (excluding diaryl/α,β-unsaturated/α-hetero) is 2. The summed E-state index contributed by atoms with van der Waals surface area (Å²) in [4.78, 5) is 37.1. The second-order valence-electron chi connectivity index (χ2n) is 5.67. The van der Waals surface area contributed by atoms with Gasteiger partial charge in [-0.1, -0.05) is 0 Å². The maximum absolute atomic E-state index is 12.2. The second-order valence-corrected chi connectivity index (χ2v) is 5.67. The third kappa shape index (κ3) is 3.50. The molecule has 2 aliphatic rings. The molecule has 0 unspecified atom stereocenters. The van der Waals surface area contributed by atoms with Crippen molar-refractivity contribution in [2.24, 2.45) is 0 Å². The Kier molecular flexibility index (Phi) is 4.29. The van der Waals surface area contributed by atoms with Crippen LogP contribution in [0.3, 0.4) is 0 Å². The molecule has 0 spiro atoms. The number of ether oxygens (including phenoxy) is 2. The molecule has 1 fully saturated rings. The molecule has 0 radical (unpaired) electrons. The van der Waals surface area contributed by atoms with Crippen molar-refractivity contribution in [3.63, 3.8) is 0 Å². The highest BCUT2D eigenvalue weighted by Gasteiger charge is 2.22. The third-order valence-corrected chi connectivity index (χ3v) is 3.95. The van der Waals surface area contributed by atoms with E-state index in [0.29, 0.717) is 48.7 Å². The van der Waals surface area contributed by atoms with Crippen LogP contribution in [0.2, 0.25) is 0 Å². The van der Waals surface area contributed by atoms with E-state index in [2.05, 4.69) is 5.32 Å². The van der Waals surface area contributed by atoms with Gasteiger partial charge >= 0.3 is 0 Å². The molecular weight excluding hydrogens is 300 g/mol. The zero-order valence-electron chi connectivity index (χ0n) is 12.9. The normalized spacial score (nSPS) is 17.2. The first kappa shape index (κ1) is 15.5. The number of fused-ring (bicyclic) bond motifs is 1. The molecule has 7 nitrogen and oxygen atoms in total. The Bertz CT molecular complexity index is 661. The summed E-state index contributed by atoms with van der Waals surface area (Å²) in [5, 5.41) is 2.76. The molecule has 7 heteroatoms. The Morgan fingerprint density at radius 1 is 1.17 bits per heavy atom. The lowest BCUT2D eigenvalue weighted by molar-refractivity contribution is -0.124. The lowest BCUT2D eigenvalue weighted by atomic mass is 10.1. The first-order chi connectivity index (χ1) is 11.0. The van der Waals surface area contributed by atoms with Crippen molar-refractivity contribution in [2.45, 2.75) is 19.8 Å². The molecule has 0 aliphatic carbocycles. The Hall–Kier alpha value is -2.41. The minimum Gasteiger partial charge on any atom is -0.454 e. The van der Waals surface area contributed by atoms with Crippen molar-refractivity contribution in [3.8, 4) is 11.5 Å². The number of nitrogens with zero attached hydrogens (tertiary/aromatic N) is 1. The summed E-state index contributed by atoms with van der Waals surface area (Å²) < 4.78 is 10.5. The Balaban J connectivity index is 1.70. The van der Waals surface area contributed by atoms with Gasteiger partial charge < -0.3 is 14.8 Å². The summed E-state index contributed by atoms with van der Waals surface area (Å²) in [5.74, 6) is 0.857. The van der Waals surface area contributed by atoms with Gasteiger partial charge in [-0.15, -0.1) is 0 Å². The molecular formula is C16H18N2O5. The summed E-state index contributed by atoms with van der Waals surface area (Å²) in [6.07, 6.45) is 0.964. The van der Waals surface area contributed by atoms with E-state index in [-0.39, 0.29) is 30.8 Å². The van der Waals surface area contributed by atoms with Crippen molar-refractivity contribution in [3.05, 3.63) is 17.7 Å². The maximum atomic E-state index is 12.2. The summed E-state index contributed by atoms with van der Waals surface area (Å²) in [7, 11) is 0. The molecule has 2 heterocycles. The van der Waals surface area contributed by atoms with Crippen molar-refractivity contribution in [2.75, 3.05) is 31.7 Å². The number of rotatable bonds is 4. The van der Waals surface area contributed by atoms with Gasteiger partial charge in [-0.2, -0.15) is 0 Å². The highest BCUT2D eigenvalue weighted by Crippen LogP contribution is 2.37. The Morgan fingerprint density at radius 3 is 2.48 bits per heavy atom. The quantitative estimate of drug-likeness (QED) is 0.840. The van der Waals surface area contributed by atoms with E-state index < -0.39 is 0 Å². The molecule has 1 aromatic rings. The van der Waals surface area contributed by atoms with E-state index in [1.54, 1.807) is 12.1 Å². The van der Waals surface area contributed by atoms with Crippen LogP contribution in [0.15, 0.2) is 12.1 Å².